The fraction of sp³-hybridized carbons (Fsp3) is 0.154. The first-order valence-corrected chi connectivity index (χ1v) is 6.08. The second kappa shape index (κ2) is 5.46. The van der Waals surface area contributed by atoms with Gasteiger partial charge in [-0.25, -0.2) is 4.98 Å². The molecule has 0 aliphatic rings. The summed E-state index contributed by atoms with van der Waals surface area (Å²) in [5.74, 6) is -0.133. The Morgan fingerprint density at radius 1 is 1.22 bits per heavy atom. The van der Waals surface area contributed by atoms with Gasteiger partial charge in [-0.1, -0.05) is 35.3 Å². The van der Waals surface area contributed by atoms with Gasteiger partial charge in [0.15, 0.2) is 5.78 Å². The van der Waals surface area contributed by atoms with Crippen LogP contribution in [0.4, 0.5) is 0 Å². The molecule has 0 saturated carbocycles. The lowest BCUT2D eigenvalue weighted by molar-refractivity contribution is 0.0988. The van der Waals surface area contributed by atoms with Gasteiger partial charge in [0, 0.05) is 12.6 Å². The van der Waals surface area contributed by atoms with Crippen LogP contribution in [0.2, 0.25) is 10.0 Å². The van der Waals surface area contributed by atoms with Crippen LogP contribution in [0.15, 0.2) is 30.6 Å². The smallest absolute Gasteiger partial charge is 0.187 e. The van der Waals surface area contributed by atoms with Gasteiger partial charge in [0.25, 0.3) is 0 Å². The number of ketones is 1. The highest BCUT2D eigenvalue weighted by atomic mass is 35.5. The van der Waals surface area contributed by atoms with E-state index < -0.39 is 0 Å². The minimum atomic E-state index is -0.133. The number of carbonyl (C=O) groups is 1. The topological polar surface area (TPSA) is 42.9 Å². The number of nitrogens with zero attached hydrogens (tertiary/aromatic N) is 2. The standard InChI is InChI=1S/C13H10Cl2N2O/c1-8-6-17-11(7-16-8)12(18)5-9-3-2-4-10(14)13(9)15/h2-4,6-7H,5H2,1H3. The molecule has 0 unspecified atom stereocenters. The second-order valence-corrected chi connectivity index (χ2v) is 4.64. The summed E-state index contributed by atoms with van der Waals surface area (Å²) < 4.78 is 0. The van der Waals surface area contributed by atoms with E-state index in [0.717, 1.165) is 5.69 Å². The van der Waals surface area contributed by atoms with Crippen molar-refractivity contribution in [3.05, 3.63) is 57.6 Å². The first-order chi connectivity index (χ1) is 8.58. The minimum absolute atomic E-state index is 0.133. The van der Waals surface area contributed by atoms with Crippen molar-refractivity contribution < 1.29 is 4.79 Å². The first kappa shape index (κ1) is 13.0. The van der Waals surface area contributed by atoms with E-state index in [1.165, 1.54) is 6.20 Å². The average molecular weight is 281 g/mol. The molecule has 1 heterocycles. The van der Waals surface area contributed by atoms with Gasteiger partial charge in [-0.05, 0) is 18.6 Å². The molecule has 0 bridgehead atoms. The highest BCUT2D eigenvalue weighted by Crippen LogP contribution is 2.26. The summed E-state index contributed by atoms with van der Waals surface area (Å²) in [5.41, 5.74) is 1.79. The zero-order valence-electron chi connectivity index (χ0n) is 9.65. The van der Waals surface area contributed by atoms with Gasteiger partial charge in [-0.15, -0.1) is 0 Å². The Balaban J connectivity index is 2.21. The van der Waals surface area contributed by atoms with Crippen LogP contribution in [0.5, 0.6) is 0 Å². The van der Waals surface area contributed by atoms with E-state index in [1.54, 1.807) is 24.4 Å². The Bertz CT molecular complexity index is 582. The molecule has 0 spiro atoms. The molecule has 0 amide bonds. The SMILES string of the molecule is Cc1cnc(C(=O)Cc2cccc(Cl)c2Cl)cn1. The molecule has 0 radical (unpaired) electrons. The maximum absolute atomic E-state index is 12.0. The van der Waals surface area contributed by atoms with E-state index in [4.69, 9.17) is 23.2 Å². The maximum atomic E-state index is 12.0. The second-order valence-electron chi connectivity index (χ2n) is 3.86. The lowest BCUT2D eigenvalue weighted by Gasteiger charge is -2.04. The number of aromatic nitrogens is 2. The third-order valence-electron chi connectivity index (χ3n) is 2.45. The van der Waals surface area contributed by atoms with Gasteiger partial charge in [0.1, 0.15) is 5.69 Å². The van der Waals surface area contributed by atoms with Gasteiger partial charge in [-0.3, -0.25) is 9.78 Å². The molecule has 5 heteroatoms. The van der Waals surface area contributed by atoms with E-state index in [0.29, 0.717) is 21.3 Å². The summed E-state index contributed by atoms with van der Waals surface area (Å²) in [5, 5.41) is 0.851. The molecular weight excluding hydrogens is 271 g/mol. The number of halogens is 2. The number of rotatable bonds is 3. The molecule has 0 atom stereocenters. The van der Waals surface area contributed by atoms with Crippen LogP contribution >= 0.6 is 23.2 Å². The van der Waals surface area contributed by atoms with Crippen LogP contribution in [-0.2, 0) is 6.42 Å². The summed E-state index contributed by atoms with van der Waals surface area (Å²) >= 11 is 11.9. The summed E-state index contributed by atoms with van der Waals surface area (Å²) in [6.45, 7) is 1.81. The molecule has 0 N–H and O–H groups in total. The van der Waals surface area contributed by atoms with Gasteiger partial charge in [0.2, 0.25) is 0 Å². The van der Waals surface area contributed by atoms with E-state index >= 15 is 0 Å². The Morgan fingerprint density at radius 3 is 2.67 bits per heavy atom. The summed E-state index contributed by atoms with van der Waals surface area (Å²) in [6, 6.07) is 5.22. The highest BCUT2D eigenvalue weighted by molar-refractivity contribution is 6.42. The third kappa shape index (κ3) is 2.86. The molecule has 1 aromatic carbocycles. The van der Waals surface area contributed by atoms with Gasteiger partial charge < -0.3 is 0 Å². The third-order valence-corrected chi connectivity index (χ3v) is 3.31. The molecule has 2 aromatic rings. The van der Waals surface area contributed by atoms with Crippen molar-refractivity contribution in [2.24, 2.45) is 0 Å². The summed E-state index contributed by atoms with van der Waals surface area (Å²) in [4.78, 5) is 20.1. The van der Waals surface area contributed by atoms with Crippen LogP contribution in [0.1, 0.15) is 21.7 Å². The average Bonchev–Trinajstić information content (AvgIpc) is 2.36. The van der Waals surface area contributed by atoms with Crippen LogP contribution in [0, 0.1) is 6.92 Å². The van der Waals surface area contributed by atoms with Crippen molar-refractivity contribution in [1.29, 1.82) is 0 Å². The molecule has 0 saturated heterocycles. The predicted molar refractivity (Wildman–Crippen MR) is 71.3 cm³/mol. The molecule has 92 valence electrons. The first-order valence-electron chi connectivity index (χ1n) is 5.32. The summed E-state index contributed by atoms with van der Waals surface area (Å²) in [6.07, 6.45) is 3.19. The Hall–Kier alpha value is -1.45. The largest absolute Gasteiger partial charge is 0.292 e. The number of hydrogen-bond donors (Lipinski definition) is 0. The van der Waals surface area contributed by atoms with Crippen molar-refractivity contribution in [3.8, 4) is 0 Å². The maximum Gasteiger partial charge on any atom is 0.187 e. The number of hydrogen-bond acceptors (Lipinski definition) is 3. The minimum Gasteiger partial charge on any atom is -0.292 e. The zero-order chi connectivity index (χ0) is 13.1. The number of Topliss-reactive ketones (excluding diaryl/α,β-unsaturated/α-hetero) is 1. The predicted octanol–water partition coefficient (Wildman–Crippen LogP) is 3.52. The highest BCUT2D eigenvalue weighted by Gasteiger charge is 2.12. The Labute approximate surface area is 115 Å². The molecular formula is C13H10Cl2N2O. The number of carbonyl (C=O) groups excluding carboxylic acids is 1. The summed E-state index contributed by atoms with van der Waals surface area (Å²) in [7, 11) is 0. The van der Waals surface area contributed by atoms with Crippen LogP contribution in [-0.4, -0.2) is 15.8 Å². The molecule has 18 heavy (non-hydrogen) atoms. The van der Waals surface area contributed by atoms with Crippen molar-refractivity contribution in [2.75, 3.05) is 0 Å². The molecule has 0 aliphatic carbocycles. The van der Waals surface area contributed by atoms with Crippen LogP contribution < -0.4 is 0 Å². The van der Waals surface area contributed by atoms with Crippen molar-refractivity contribution in [1.82, 2.24) is 9.97 Å². The fourth-order valence-electron chi connectivity index (χ4n) is 1.49. The monoisotopic (exact) mass is 280 g/mol. The quantitative estimate of drug-likeness (QED) is 0.808. The van der Waals surface area contributed by atoms with Crippen molar-refractivity contribution >= 4 is 29.0 Å². The molecule has 0 aliphatic heterocycles. The number of benzene rings is 1. The van der Waals surface area contributed by atoms with Gasteiger partial charge >= 0.3 is 0 Å². The van der Waals surface area contributed by atoms with Gasteiger partial charge in [-0.2, -0.15) is 0 Å². The van der Waals surface area contributed by atoms with E-state index in [1.807, 2.05) is 6.92 Å². The molecule has 0 fully saturated rings. The Kier molecular flexibility index (Phi) is 3.94. The van der Waals surface area contributed by atoms with E-state index in [9.17, 15) is 4.79 Å². The molecule has 3 nitrogen and oxygen atoms in total. The van der Waals surface area contributed by atoms with Crippen molar-refractivity contribution in [2.45, 2.75) is 13.3 Å². The molecule has 2 rings (SSSR count). The zero-order valence-corrected chi connectivity index (χ0v) is 11.2. The van der Waals surface area contributed by atoms with E-state index in [2.05, 4.69) is 9.97 Å². The van der Waals surface area contributed by atoms with Crippen molar-refractivity contribution in [3.63, 3.8) is 0 Å². The lowest BCUT2D eigenvalue weighted by Crippen LogP contribution is -2.07. The van der Waals surface area contributed by atoms with Gasteiger partial charge in [0.05, 0.1) is 21.9 Å². The van der Waals surface area contributed by atoms with Crippen LogP contribution in [0.3, 0.4) is 0 Å². The molecule has 1 aromatic heterocycles. The normalized spacial score (nSPS) is 10.4. The van der Waals surface area contributed by atoms with Crippen LogP contribution in [0.25, 0.3) is 0 Å². The van der Waals surface area contributed by atoms with E-state index in [-0.39, 0.29) is 12.2 Å². The number of aryl methyl sites for hydroxylation is 1. The Morgan fingerprint density at radius 2 is 2.00 bits per heavy atom. The lowest BCUT2D eigenvalue weighted by atomic mass is 10.1. The fourth-order valence-corrected chi connectivity index (χ4v) is 1.87.